The van der Waals surface area contributed by atoms with Crippen molar-refractivity contribution < 1.29 is 18.3 Å². The number of nitrogens with zero attached hydrogens (tertiary/aromatic N) is 4. The molecule has 0 radical (unpaired) electrons. The van der Waals surface area contributed by atoms with Crippen molar-refractivity contribution in [1.29, 1.82) is 0 Å². The number of amides is 1. The molecule has 1 fully saturated rings. The molecule has 11 heteroatoms. The van der Waals surface area contributed by atoms with Crippen LogP contribution in [0.5, 0.6) is 5.75 Å². The number of aryl methyl sites for hydroxylation is 1. The molecule has 1 unspecified atom stereocenters. The normalized spacial score (nSPS) is 18.0. The van der Waals surface area contributed by atoms with Gasteiger partial charge in [-0.1, -0.05) is 0 Å². The second-order valence-corrected chi connectivity index (χ2v) is 8.96. The van der Waals surface area contributed by atoms with Gasteiger partial charge in [-0.15, -0.1) is 0 Å². The fourth-order valence-electron chi connectivity index (χ4n) is 4.75. The second-order valence-electron chi connectivity index (χ2n) is 8.96. The first-order valence-corrected chi connectivity index (χ1v) is 11.5. The third-order valence-electron chi connectivity index (χ3n) is 6.60. The van der Waals surface area contributed by atoms with Crippen molar-refractivity contribution >= 4 is 22.6 Å². The quantitative estimate of drug-likeness (QED) is 0.546. The highest BCUT2D eigenvalue weighted by Crippen LogP contribution is 2.40. The highest BCUT2D eigenvalue weighted by Gasteiger charge is 2.31. The minimum absolute atomic E-state index is 0.0185. The molecule has 9 nitrogen and oxygen atoms in total. The number of ether oxygens (including phenoxy) is 1. The van der Waals surface area contributed by atoms with Crippen molar-refractivity contribution in [2.45, 2.75) is 32.9 Å². The summed E-state index contributed by atoms with van der Waals surface area (Å²) in [4.78, 5) is 38.5. The molecule has 0 spiro atoms. The zero-order valence-corrected chi connectivity index (χ0v) is 19.7. The molecule has 1 amide bonds. The summed E-state index contributed by atoms with van der Waals surface area (Å²) in [5, 5.41) is 2.43. The number of anilines is 1. The largest absolute Gasteiger partial charge is 0.490 e. The van der Waals surface area contributed by atoms with Gasteiger partial charge in [0.15, 0.2) is 5.82 Å². The number of nitrogens with one attached hydrogen (secondary N) is 2. The first-order valence-electron chi connectivity index (χ1n) is 11.5. The minimum atomic E-state index is -0.702. The molecule has 2 aliphatic rings. The van der Waals surface area contributed by atoms with Crippen LogP contribution in [0.25, 0.3) is 11.0 Å². The monoisotopic (exact) mass is 484 g/mol. The lowest BCUT2D eigenvalue weighted by molar-refractivity contribution is 0.0957. The summed E-state index contributed by atoms with van der Waals surface area (Å²) >= 11 is 0. The lowest BCUT2D eigenvalue weighted by Crippen LogP contribution is -2.46. The van der Waals surface area contributed by atoms with Crippen LogP contribution in [0.1, 0.15) is 34.2 Å². The van der Waals surface area contributed by atoms with Crippen molar-refractivity contribution in [1.82, 2.24) is 25.2 Å². The summed E-state index contributed by atoms with van der Waals surface area (Å²) in [7, 11) is 1.46. The molecular weight excluding hydrogens is 458 g/mol. The van der Waals surface area contributed by atoms with Crippen LogP contribution in [0.4, 0.5) is 14.5 Å². The summed E-state index contributed by atoms with van der Waals surface area (Å²) in [5.74, 6) is -1.18. The smallest absolute Gasteiger partial charge is 0.269 e. The number of hydrogen-bond acceptors (Lipinski definition) is 7. The highest BCUT2D eigenvalue weighted by atomic mass is 19.1. The van der Waals surface area contributed by atoms with E-state index >= 15 is 4.39 Å². The van der Waals surface area contributed by atoms with E-state index in [-0.39, 0.29) is 29.6 Å². The first-order chi connectivity index (χ1) is 16.8. The number of pyridine rings is 1. The van der Waals surface area contributed by atoms with Gasteiger partial charge in [-0.3, -0.25) is 14.5 Å². The lowest BCUT2D eigenvalue weighted by atomic mass is 10.0. The molecule has 1 atom stereocenters. The molecule has 4 heterocycles. The Bertz CT molecular complexity index is 1380. The maximum atomic E-state index is 15.6. The summed E-state index contributed by atoms with van der Waals surface area (Å²) < 4.78 is 36.2. The van der Waals surface area contributed by atoms with Crippen LogP contribution in [0, 0.1) is 18.7 Å². The predicted molar refractivity (Wildman–Crippen MR) is 126 cm³/mol. The van der Waals surface area contributed by atoms with Crippen molar-refractivity contribution in [3.63, 3.8) is 0 Å². The molecule has 2 aromatic heterocycles. The van der Waals surface area contributed by atoms with Gasteiger partial charge in [0.05, 0.1) is 11.2 Å². The maximum Gasteiger partial charge on any atom is 0.269 e. The number of halogens is 2. The number of carbonyl (C=O) groups excluding carboxylic acids is 1. The molecule has 1 saturated heterocycles. The van der Waals surface area contributed by atoms with Crippen molar-refractivity contribution in [2.24, 2.45) is 0 Å². The molecule has 184 valence electrons. The molecule has 1 aromatic carbocycles. The van der Waals surface area contributed by atoms with Crippen LogP contribution >= 0.6 is 0 Å². The molecule has 2 N–H and O–H groups in total. The fourth-order valence-corrected chi connectivity index (χ4v) is 4.75. The van der Waals surface area contributed by atoms with Crippen LogP contribution in [0.3, 0.4) is 0 Å². The minimum Gasteiger partial charge on any atom is -0.490 e. The zero-order chi connectivity index (χ0) is 24.9. The van der Waals surface area contributed by atoms with Gasteiger partial charge in [0.2, 0.25) is 5.95 Å². The third-order valence-corrected chi connectivity index (χ3v) is 6.60. The van der Waals surface area contributed by atoms with E-state index in [1.165, 1.54) is 13.1 Å². The lowest BCUT2D eigenvalue weighted by Gasteiger charge is -2.36. The first kappa shape index (κ1) is 23.2. The van der Waals surface area contributed by atoms with E-state index in [0.29, 0.717) is 55.1 Å². The number of rotatable bonds is 4. The van der Waals surface area contributed by atoms with Gasteiger partial charge >= 0.3 is 0 Å². The van der Waals surface area contributed by atoms with Gasteiger partial charge in [-0.05, 0) is 26.0 Å². The molecule has 0 bridgehead atoms. The molecule has 0 aliphatic carbocycles. The molecule has 3 aromatic rings. The van der Waals surface area contributed by atoms with Crippen molar-refractivity contribution in [3.8, 4) is 5.75 Å². The highest BCUT2D eigenvalue weighted by molar-refractivity contribution is 5.92. The molecule has 35 heavy (non-hydrogen) atoms. The number of H-pyrrole nitrogens is 1. The molecule has 0 saturated carbocycles. The topological polar surface area (TPSA) is 103 Å². The molecule has 5 rings (SSSR count). The van der Waals surface area contributed by atoms with E-state index in [4.69, 9.17) is 4.74 Å². The Morgan fingerprint density at radius 3 is 2.66 bits per heavy atom. The average Bonchev–Trinajstić information content (AvgIpc) is 3.24. The van der Waals surface area contributed by atoms with Crippen LogP contribution < -0.4 is 20.5 Å². The van der Waals surface area contributed by atoms with Crippen LogP contribution in [-0.2, 0) is 13.0 Å². The second kappa shape index (κ2) is 8.88. The summed E-state index contributed by atoms with van der Waals surface area (Å²) in [6.45, 7) is 5.93. The van der Waals surface area contributed by atoms with Gasteiger partial charge in [-0.2, -0.15) is 4.39 Å². The standard InChI is InChI=1S/C24H26F2N6O3/c1-12-10-14-19-20(30-23(33)13(2)28-19)18(25)15(21(14)35-12)11-31-6-8-32(9-7-31)17-5-4-16(24(34)27-3)29-22(17)26/h4-5,12H,6-11H2,1-3H3,(H,27,34)(H,30,33). The zero-order valence-electron chi connectivity index (χ0n) is 19.7. The number of benzene rings is 1. The van der Waals surface area contributed by atoms with Gasteiger partial charge in [-0.25, -0.2) is 14.4 Å². The Balaban J connectivity index is 1.38. The Kier molecular flexibility index (Phi) is 5.87. The average molecular weight is 485 g/mol. The van der Waals surface area contributed by atoms with Crippen molar-refractivity contribution in [3.05, 3.63) is 56.8 Å². The van der Waals surface area contributed by atoms with E-state index in [1.807, 2.05) is 11.8 Å². The Hall–Kier alpha value is -3.60. The summed E-state index contributed by atoms with van der Waals surface area (Å²) in [6.07, 6.45) is 0.469. The van der Waals surface area contributed by atoms with Crippen LogP contribution in [-0.4, -0.2) is 65.1 Å². The number of piperazine rings is 1. The van der Waals surface area contributed by atoms with Crippen LogP contribution in [0.15, 0.2) is 16.9 Å². The van der Waals surface area contributed by atoms with E-state index in [1.54, 1.807) is 13.0 Å². The van der Waals surface area contributed by atoms with E-state index in [0.717, 1.165) is 5.56 Å². The van der Waals surface area contributed by atoms with Gasteiger partial charge in [0.25, 0.3) is 11.5 Å². The number of fused-ring (bicyclic) bond motifs is 3. The number of aromatic nitrogens is 3. The number of hydrogen-bond donors (Lipinski definition) is 2. The Labute approximate surface area is 200 Å². The fraction of sp³-hybridized carbons (Fsp3) is 0.417. The number of carbonyl (C=O) groups is 1. The van der Waals surface area contributed by atoms with E-state index < -0.39 is 23.2 Å². The van der Waals surface area contributed by atoms with Gasteiger partial charge < -0.3 is 19.9 Å². The van der Waals surface area contributed by atoms with Gasteiger partial charge in [0.1, 0.15) is 28.8 Å². The predicted octanol–water partition coefficient (Wildman–Crippen LogP) is 1.91. The van der Waals surface area contributed by atoms with Crippen LogP contribution in [0.2, 0.25) is 0 Å². The maximum absolute atomic E-state index is 15.6. The third kappa shape index (κ3) is 4.09. The molecular formula is C24H26F2N6O3. The summed E-state index contributed by atoms with van der Waals surface area (Å²) in [6, 6.07) is 3.05. The number of aromatic amines is 1. The Morgan fingerprint density at radius 2 is 1.97 bits per heavy atom. The summed E-state index contributed by atoms with van der Waals surface area (Å²) in [5.41, 5.74) is 1.97. The van der Waals surface area contributed by atoms with E-state index in [2.05, 4.69) is 25.2 Å². The molecule has 2 aliphatic heterocycles. The van der Waals surface area contributed by atoms with E-state index in [9.17, 15) is 14.0 Å². The van der Waals surface area contributed by atoms with Gasteiger partial charge in [0, 0.05) is 57.3 Å². The SMILES string of the molecule is CNC(=O)c1ccc(N2CCN(Cc3c4c(c5nc(C)c(=O)[nH]c5c3F)CC(C)O4)CC2)c(F)n1. The Morgan fingerprint density at radius 1 is 1.23 bits per heavy atom. The van der Waals surface area contributed by atoms with Crippen molar-refractivity contribution in [2.75, 3.05) is 38.1 Å².